The van der Waals surface area contributed by atoms with Crippen LogP contribution in [0.5, 0.6) is 0 Å². The lowest BCUT2D eigenvalue weighted by atomic mass is 10.1. The van der Waals surface area contributed by atoms with Crippen molar-refractivity contribution in [2.45, 2.75) is 25.2 Å². The Hall–Kier alpha value is -2.24. The molecule has 1 N–H and O–H groups in total. The number of anilines is 1. The molecule has 1 aliphatic rings. The van der Waals surface area contributed by atoms with Crippen LogP contribution in [0.2, 0.25) is 5.02 Å². The van der Waals surface area contributed by atoms with E-state index in [1.807, 2.05) is 48.5 Å². The van der Waals surface area contributed by atoms with Crippen molar-refractivity contribution in [1.29, 1.82) is 0 Å². The van der Waals surface area contributed by atoms with Gasteiger partial charge in [0.2, 0.25) is 5.91 Å². The van der Waals surface area contributed by atoms with Crippen LogP contribution in [0.25, 0.3) is 6.08 Å². The zero-order valence-corrected chi connectivity index (χ0v) is 17.5. The summed E-state index contributed by atoms with van der Waals surface area (Å²) in [6.07, 6.45) is 2.73. The van der Waals surface area contributed by atoms with Gasteiger partial charge in [0, 0.05) is 16.5 Å². The molecular weight excluding hydrogens is 392 g/mol. The normalized spacial score (nSPS) is 15.1. The van der Waals surface area contributed by atoms with Gasteiger partial charge in [-0.3, -0.25) is 14.5 Å². The molecule has 0 unspecified atom stereocenters. The first-order valence-corrected chi connectivity index (χ1v) is 10.5. The molecule has 0 saturated heterocycles. The van der Waals surface area contributed by atoms with Gasteiger partial charge in [0.1, 0.15) is 6.54 Å². The van der Waals surface area contributed by atoms with Gasteiger partial charge >= 0.3 is 0 Å². The summed E-state index contributed by atoms with van der Waals surface area (Å²) in [5, 5.41) is 3.52. The summed E-state index contributed by atoms with van der Waals surface area (Å²) in [5.41, 5.74) is 1.61. The second kappa shape index (κ2) is 9.30. The minimum atomic E-state index is -0.178. The molecule has 146 valence electrons. The van der Waals surface area contributed by atoms with E-state index in [1.165, 1.54) is 11.8 Å². The first kappa shape index (κ1) is 20.5. The summed E-state index contributed by atoms with van der Waals surface area (Å²) in [4.78, 5) is 28.6. The molecule has 0 saturated carbocycles. The lowest BCUT2D eigenvalue weighted by Crippen LogP contribution is -2.43. The Bertz CT molecular complexity index is 911. The molecule has 0 aliphatic carbocycles. The number of fused-ring (bicyclic) bond motifs is 1. The second-order valence-electron chi connectivity index (χ2n) is 7.06. The molecule has 0 radical (unpaired) electrons. The minimum absolute atomic E-state index is 0.00138. The standard InChI is InChI=1S/C22H23ClN2O2S/c1-15(2)10-11-24-21(26)14-25-18-8-3-4-9-19(18)28-20(22(25)27)13-16-6-5-7-17(23)12-16/h3-9,12-13,15H,10-11,14H2,1-2H3,(H,24,26). The molecule has 0 spiro atoms. The number of hydrogen-bond donors (Lipinski definition) is 1. The Morgan fingerprint density at radius 3 is 2.75 bits per heavy atom. The summed E-state index contributed by atoms with van der Waals surface area (Å²) in [6, 6.07) is 15.0. The number of carbonyl (C=O) groups excluding carboxylic acids is 2. The first-order chi connectivity index (χ1) is 13.4. The highest BCUT2D eigenvalue weighted by molar-refractivity contribution is 8.04. The zero-order valence-electron chi connectivity index (χ0n) is 15.9. The third kappa shape index (κ3) is 5.18. The van der Waals surface area contributed by atoms with E-state index < -0.39 is 0 Å². The van der Waals surface area contributed by atoms with Crippen molar-refractivity contribution in [3.8, 4) is 0 Å². The number of thioether (sulfide) groups is 1. The fourth-order valence-electron chi connectivity index (χ4n) is 2.87. The van der Waals surface area contributed by atoms with Crippen molar-refractivity contribution in [1.82, 2.24) is 5.32 Å². The number of carbonyl (C=O) groups is 2. The number of para-hydroxylation sites is 1. The maximum absolute atomic E-state index is 13.1. The van der Waals surface area contributed by atoms with E-state index >= 15 is 0 Å². The van der Waals surface area contributed by atoms with Crippen molar-refractivity contribution >= 4 is 46.9 Å². The van der Waals surface area contributed by atoms with Crippen LogP contribution in [0.1, 0.15) is 25.8 Å². The molecule has 0 atom stereocenters. The van der Waals surface area contributed by atoms with E-state index in [2.05, 4.69) is 19.2 Å². The predicted molar refractivity (Wildman–Crippen MR) is 117 cm³/mol. The fraction of sp³-hybridized carbons (Fsp3) is 0.273. The maximum Gasteiger partial charge on any atom is 0.265 e. The summed E-state index contributed by atoms with van der Waals surface area (Å²) >= 11 is 7.48. The zero-order chi connectivity index (χ0) is 20.1. The maximum atomic E-state index is 13.1. The topological polar surface area (TPSA) is 49.4 Å². The van der Waals surface area contributed by atoms with E-state index in [0.717, 1.165) is 22.6 Å². The van der Waals surface area contributed by atoms with Crippen molar-refractivity contribution in [2.24, 2.45) is 5.92 Å². The summed E-state index contributed by atoms with van der Waals surface area (Å²) in [6.45, 7) is 4.84. The largest absolute Gasteiger partial charge is 0.355 e. The van der Waals surface area contributed by atoms with E-state index in [1.54, 1.807) is 11.0 Å². The van der Waals surface area contributed by atoms with Crippen LogP contribution < -0.4 is 10.2 Å². The molecular formula is C22H23ClN2O2S. The van der Waals surface area contributed by atoms with E-state index in [4.69, 9.17) is 11.6 Å². The lowest BCUT2D eigenvalue weighted by molar-refractivity contribution is -0.122. The van der Waals surface area contributed by atoms with Gasteiger partial charge in [-0.05, 0) is 48.2 Å². The van der Waals surface area contributed by atoms with Crippen LogP contribution >= 0.6 is 23.4 Å². The molecule has 1 heterocycles. The number of nitrogens with one attached hydrogen (secondary N) is 1. The number of amides is 2. The van der Waals surface area contributed by atoms with Crippen LogP contribution in [0, 0.1) is 5.92 Å². The first-order valence-electron chi connectivity index (χ1n) is 9.27. The Kier molecular flexibility index (Phi) is 6.81. The molecule has 2 aromatic rings. The number of benzene rings is 2. The molecule has 2 amide bonds. The Morgan fingerprint density at radius 1 is 1.21 bits per heavy atom. The van der Waals surface area contributed by atoms with Crippen LogP contribution in [0.15, 0.2) is 58.3 Å². The average molecular weight is 415 g/mol. The van der Waals surface area contributed by atoms with Gasteiger partial charge in [0.15, 0.2) is 0 Å². The van der Waals surface area contributed by atoms with Crippen molar-refractivity contribution in [3.63, 3.8) is 0 Å². The van der Waals surface area contributed by atoms with E-state index in [-0.39, 0.29) is 18.4 Å². The van der Waals surface area contributed by atoms with Gasteiger partial charge in [-0.2, -0.15) is 0 Å². The van der Waals surface area contributed by atoms with Gasteiger partial charge in [0.05, 0.1) is 10.6 Å². The third-order valence-corrected chi connectivity index (χ3v) is 5.64. The number of halogens is 1. The summed E-state index contributed by atoms with van der Waals surface area (Å²) < 4.78 is 0. The molecule has 0 fully saturated rings. The highest BCUT2D eigenvalue weighted by atomic mass is 35.5. The molecule has 28 heavy (non-hydrogen) atoms. The Morgan fingerprint density at radius 2 is 2.00 bits per heavy atom. The van der Waals surface area contributed by atoms with E-state index in [9.17, 15) is 9.59 Å². The Balaban J connectivity index is 1.84. The van der Waals surface area contributed by atoms with Gasteiger partial charge in [-0.25, -0.2) is 0 Å². The molecule has 0 aromatic heterocycles. The van der Waals surface area contributed by atoms with Gasteiger partial charge in [-0.1, -0.05) is 61.5 Å². The SMILES string of the molecule is CC(C)CCNC(=O)CN1C(=O)C(=Cc2cccc(Cl)c2)Sc2ccccc21. The third-order valence-electron chi connectivity index (χ3n) is 4.32. The number of nitrogens with zero attached hydrogens (tertiary/aromatic N) is 1. The van der Waals surface area contributed by atoms with Crippen molar-refractivity contribution < 1.29 is 9.59 Å². The molecule has 3 rings (SSSR count). The van der Waals surface area contributed by atoms with Crippen LogP contribution in [-0.2, 0) is 9.59 Å². The highest BCUT2D eigenvalue weighted by Gasteiger charge is 2.30. The lowest BCUT2D eigenvalue weighted by Gasteiger charge is -2.29. The van der Waals surface area contributed by atoms with Crippen molar-refractivity contribution in [3.05, 3.63) is 64.0 Å². The predicted octanol–water partition coefficient (Wildman–Crippen LogP) is 4.98. The van der Waals surface area contributed by atoms with Crippen LogP contribution in [0.3, 0.4) is 0 Å². The average Bonchev–Trinajstić information content (AvgIpc) is 2.65. The second-order valence-corrected chi connectivity index (χ2v) is 8.58. The van der Waals surface area contributed by atoms with Gasteiger partial charge in [0.25, 0.3) is 5.91 Å². The summed E-state index contributed by atoms with van der Waals surface area (Å²) in [7, 11) is 0. The summed E-state index contributed by atoms with van der Waals surface area (Å²) in [5.74, 6) is 0.182. The molecule has 0 bridgehead atoms. The van der Waals surface area contributed by atoms with Gasteiger partial charge < -0.3 is 5.32 Å². The fourth-order valence-corrected chi connectivity index (χ4v) is 4.12. The van der Waals surface area contributed by atoms with Crippen LogP contribution in [0.4, 0.5) is 5.69 Å². The number of hydrogen-bond acceptors (Lipinski definition) is 3. The van der Waals surface area contributed by atoms with E-state index in [0.29, 0.717) is 22.4 Å². The molecule has 6 heteroatoms. The molecule has 1 aliphatic heterocycles. The Labute approximate surface area is 175 Å². The molecule has 4 nitrogen and oxygen atoms in total. The van der Waals surface area contributed by atoms with Crippen molar-refractivity contribution in [2.75, 3.05) is 18.0 Å². The quantitative estimate of drug-likeness (QED) is 0.678. The van der Waals surface area contributed by atoms with Gasteiger partial charge in [-0.15, -0.1) is 0 Å². The highest BCUT2D eigenvalue weighted by Crippen LogP contribution is 2.41. The van der Waals surface area contributed by atoms with Crippen LogP contribution in [-0.4, -0.2) is 24.9 Å². The minimum Gasteiger partial charge on any atom is -0.355 e. The number of rotatable bonds is 6. The monoisotopic (exact) mass is 414 g/mol. The molecule has 2 aromatic carbocycles. The smallest absolute Gasteiger partial charge is 0.265 e.